The molecule has 0 saturated heterocycles. The van der Waals surface area contributed by atoms with Crippen LogP contribution >= 0.6 is 36.2 Å². The second kappa shape index (κ2) is 6.13. The van der Waals surface area contributed by atoms with Crippen LogP contribution in [0.5, 0.6) is 0 Å². The summed E-state index contributed by atoms with van der Waals surface area (Å²) >= 11 is 1.60. The molecule has 0 amide bonds. The molecule has 0 aliphatic carbocycles. The van der Waals surface area contributed by atoms with Crippen molar-refractivity contribution >= 4 is 41.2 Å². The van der Waals surface area contributed by atoms with Crippen molar-refractivity contribution in [1.29, 1.82) is 0 Å². The van der Waals surface area contributed by atoms with Gasteiger partial charge in [0, 0.05) is 7.05 Å². The van der Waals surface area contributed by atoms with Crippen LogP contribution in [0.1, 0.15) is 0 Å². The summed E-state index contributed by atoms with van der Waals surface area (Å²) < 4.78 is 0. The lowest BCUT2D eigenvalue weighted by atomic mass is 10.8. The first-order chi connectivity index (χ1) is 3.43. The van der Waals surface area contributed by atoms with E-state index in [1.807, 2.05) is 7.05 Å². The van der Waals surface area contributed by atoms with E-state index in [4.69, 9.17) is 0 Å². The SMILES string of the molecule is CNc1cncs1.Cl.Cl. The molecule has 5 heteroatoms. The van der Waals surface area contributed by atoms with Crippen LogP contribution in [0.25, 0.3) is 0 Å². The Balaban J connectivity index is 0. The number of anilines is 1. The molecule has 0 spiro atoms. The molecule has 2 nitrogen and oxygen atoms in total. The summed E-state index contributed by atoms with van der Waals surface area (Å²) in [4.78, 5) is 3.85. The topological polar surface area (TPSA) is 24.9 Å². The molecule has 0 bridgehead atoms. The third-order valence-corrected chi connectivity index (χ3v) is 1.47. The van der Waals surface area contributed by atoms with E-state index in [0.29, 0.717) is 0 Å². The van der Waals surface area contributed by atoms with Gasteiger partial charge in [-0.25, -0.2) is 0 Å². The first-order valence-corrected chi connectivity index (χ1v) is 2.87. The molecule has 0 fully saturated rings. The van der Waals surface area contributed by atoms with Crippen molar-refractivity contribution in [3.05, 3.63) is 11.7 Å². The van der Waals surface area contributed by atoms with Gasteiger partial charge in [-0.3, -0.25) is 4.98 Å². The third kappa shape index (κ3) is 3.56. The maximum Gasteiger partial charge on any atom is 0.108 e. The molecular formula is C4H8Cl2N2S. The summed E-state index contributed by atoms with van der Waals surface area (Å²) in [5.74, 6) is 0. The first kappa shape index (κ1) is 11.8. The minimum absolute atomic E-state index is 0. The van der Waals surface area contributed by atoms with Gasteiger partial charge in [-0.1, -0.05) is 0 Å². The average Bonchev–Trinajstić information content (AvgIpc) is 2.14. The molecule has 0 aliphatic heterocycles. The van der Waals surface area contributed by atoms with Gasteiger partial charge >= 0.3 is 0 Å². The number of aromatic nitrogens is 1. The zero-order valence-electron chi connectivity index (χ0n) is 4.83. The van der Waals surface area contributed by atoms with E-state index in [0.717, 1.165) is 5.00 Å². The van der Waals surface area contributed by atoms with Crippen molar-refractivity contribution in [2.45, 2.75) is 0 Å². The summed E-state index contributed by atoms with van der Waals surface area (Å²) in [6, 6.07) is 0. The second-order valence-electron chi connectivity index (χ2n) is 1.12. The number of nitrogens with zero attached hydrogens (tertiary/aromatic N) is 1. The van der Waals surface area contributed by atoms with Crippen LogP contribution in [0.4, 0.5) is 5.00 Å². The fraction of sp³-hybridized carbons (Fsp3) is 0.250. The normalized spacial score (nSPS) is 6.78. The van der Waals surface area contributed by atoms with E-state index < -0.39 is 0 Å². The summed E-state index contributed by atoms with van der Waals surface area (Å²) in [5.41, 5.74) is 1.80. The molecule has 0 saturated carbocycles. The van der Waals surface area contributed by atoms with Crippen LogP contribution in [0.2, 0.25) is 0 Å². The van der Waals surface area contributed by atoms with E-state index in [1.54, 1.807) is 23.0 Å². The average molecular weight is 187 g/mol. The Morgan fingerprint density at radius 1 is 1.56 bits per heavy atom. The molecule has 0 radical (unpaired) electrons. The zero-order valence-corrected chi connectivity index (χ0v) is 7.28. The van der Waals surface area contributed by atoms with E-state index in [9.17, 15) is 0 Å². The van der Waals surface area contributed by atoms with Crippen molar-refractivity contribution in [2.24, 2.45) is 0 Å². The van der Waals surface area contributed by atoms with Gasteiger partial charge in [0.2, 0.25) is 0 Å². The molecule has 54 valence electrons. The van der Waals surface area contributed by atoms with E-state index in [-0.39, 0.29) is 24.8 Å². The van der Waals surface area contributed by atoms with Gasteiger partial charge in [0.15, 0.2) is 0 Å². The fourth-order valence-electron chi connectivity index (χ4n) is 0.339. The smallest absolute Gasteiger partial charge is 0.108 e. The van der Waals surface area contributed by atoms with Crippen molar-refractivity contribution in [2.75, 3.05) is 12.4 Å². The van der Waals surface area contributed by atoms with Crippen molar-refractivity contribution < 1.29 is 0 Å². The van der Waals surface area contributed by atoms with Crippen LogP contribution in [0, 0.1) is 0 Å². The molecule has 1 aromatic rings. The molecule has 0 unspecified atom stereocenters. The Bertz CT molecular complexity index is 131. The molecule has 1 rings (SSSR count). The molecular weight excluding hydrogens is 179 g/mol. The minimum atomic E-state index is 0. The zero-order chi connectivity index (χ0) is 5.11. The lowest BCUT2D eigenvalue weighted by Gasteiger charge is -1.84. The van der Waals surface area contributed by atoms with Crippen molar-refractivity contribution in [3.63, 3.8) is 0 Å². The maximum atomic E-state index is 3.85. The summed E-state index contributed by atoms with van der Waals surface area (Å²) in [6.45, 7) is 0. The Kier molecular flexibility index (Phi) is 8.02. The van der Waals surface area contributed by atoms with Crippen LogP contribution in [-0.2, 0) is 0 Å². The van der Waals surface area contributed by atoms with Crippen LogP contribution in [0.3, 0.4) is 0 Å². The Labute approximate surface area is 70.5 Å². The predicted octanol–water partition coefficient (Wildman–Crippen LogP) is 2.03. The molecule has 1 aromatic heterocycles. The van der Waals surface area contributed by atoms with Gasteiger partial charge in [-0.2, -0.15) is 0 Å². The highest BCUT2D eigenvalue weighted by Gasteiger charge is 1.82. The highest BCUT2D eigenvalue weighted by molar-refractivity contribution is 7.13. The predicted molar refractivity (Wildman–Crippen MR) is 46.2 cm³/mol. The number of hydrogen-bond donors (Lipinski definition) is 1. The number of nitrogens with one attached hydrogen (secondary N) is 1. The van der Waals surface area contributed by atoms with Crippen LogP contribution in [-0.4, -0.2) is 12.0 Å². The van der Waals surface area contributed by atoms with Gasteiger partial charge in [-0.05, 0) is 0 Å². The Morgan fingerprint density at radius 3 is 2.44 bits per heavy atom. The van der Waals surface area contributed by atoms with Crippen molar-refractivity contribution in [3.8, 4) is 0 Å². The second-order valence-corrected chi connectivity index (χ2v) is 2.00. The lowest BCUT2D eigenvalue weighted by molar-refractivity contribution is 1.41. The van der Waals surface area contributed by atoms with Gasteiger partial charge in [0.25, 0.3) is 0 Å². The van der Waals surface area contributed by atoms with Crippen LogP contribution < -0.4 is 5.32 Å². The molecule has 1 N–H and O–H groups in total. The maximum absolute atomic E-state index is 3.85. The summed E-state index contributed by atoms with van der Waals surface area (Å²) in [6.07, 6.45) is 1.80. The van der Waals surface area contributed by atoms with E-state index in [1.165, 1.54) is 0 Å². The summed E-state index contributed by atoms with van der Waals surface area (Å²) in [7, 11) is 1.88. The highest BCUT2D eigenvalue weighted by atomic mass is 35.5. The number of rotatable bonds is 1. The standard InChI is InChI=1S/C4H6N2S.2ClH/c1-5-4-2-6-3-7-4;;/h2-3,5H,1H3;2*1H. The molecule has 0 aliphatic rings. The number of thiazole rings is 1. The summed E-state index contributed by atoms with van der Waals surface area (Å²) in [5, 5.41) is 4.07. The van der Waals surface area contributed by atoms with Gasteiger partial charge in [0.05, 0.1) is 11.7 Å². The molecule has 9 heavy (non-hydrogen) atoms. The third-order valence-electron chi connectivity index (χ3n) is 0.679. The van der Waals surface area contributed by atoms with Crippen LogP contribution in [0.15, 0.2) is 11.7 Å². The van der Waals surface area contributed by atoms with Crippen molar-refractivity contribution in [1.82, 2.24) is 4.98 Å². The number of halogens is 2. The monoisotopic (exact) mass is 186 g/mol. The first-order valence-electron chi connectivity index (χ1n) is 1.99. The van der Waals surface area contributed by atoms with Gasteiger partial charge in [0.1, 0.15) is 5.00 Å². The number of hydrogen-bond acceptors (Lipinski definition) is 3. The lowest BCUT2D eigenvalue weighted by Crippen LogP contribution is -1.80. The Hall–Kier alpha value is 0.01000. The highest BCUT2D eigenvalue weighted by Crippen LogP contribution is 2.09. The molecule has 0 aromatic carbocycles. The molecule has 1 heterocycles. The van der Waals surface area contributed by atoms with E-state index >= 15 is 0 Å². The fourth-order valence-corrected chi connectivity index (χ4v) is 0.814. The van der Waals surface area contributed by atoms with E-state index in [2.05, 4.69) is 10.3 Å². The quantitative estimate of drug-likeness (QED) is 0.727. The van der Waals surface area contributed by atoms with Gasteiger partial charge in [-0.15, -0.1) is 36.2 Å². The minimum Gasteiger partial charge on any atom is -0.379 e. The largest absolute Gasteiger partial charge is 0.379 e. The Morgan fingerprint density at radius 2 is 2.22 bits per heavy atom. The molecule has 0 atom stereocenters. The van der Waals surface area contributed by atoms with Gasteiger partial charge < -0.3 is 5.32 Å².